The molecule has 0 spiro atoms. The third-order valence-corrected chi connectivity index (χ3v) is 4.14. The van der Waals surface area contributed by atoms with Crippen LogP contribution in [0.4, 0.5) is 0 Å². The molecule has 20 heavy (non-hydrogen) atoms. The lowest BCUT2D eigenvalue weighted by molar-refractivity contribution is -0.146. The first kappa shape index (κ1) is 13.5. The zero-order chi connectivity index (χ0) is 14.1. The topological polar surface area (TPSA) is 80.5 Å². The average molecular weight is 280 g/mol. The molecule has 110 valence electrons. The van der Waals surface area contributed by atoms with Crippen molar-refractivity contribution in [3.05, 3.63) is 11.6 Å². The fourth-order valence-electron chi connectivity index (χ4n) is 3.10. The summed E-state index contributed by atoms with van der Waals surface area (Å²) in [6, 6.07) is -0.383. The minimum atomic E-state index is -0.483. The summed E-state index contributed by atoms with van der Waals surface area (Å²) < 4.78 is 6.95. The van der Waals surface area contributed by atoms with Crippen molar-refractivity contribution in [2.75, 3.05) is 13.7 Å². The third kappa shape index (κ3) is 2.43. The number of aromatic nitrogens is 3. The van der Waals surface area contributed by atoms with Crippen LogP contribution >= 0.6 is 0 Å². The summed E-state index contributed by atoms with van der Waals surface area (Å²) in [5, 5.41) is 18.2. The monoisotopic (exact) mass is 280 g/mol. The molecule has 1 N–H and O–H groups in total. The molecular weight excluding hydrogens is 260 g/mol. The first-order chi connectivity index (χ1) is 9.69. The molecule has 1 saturated heterocycles. The number of aliphatic hydroxyl groups excluding tert-OH is 1. The molecule has 7 heteroatoms. The van der Waals surface area contributed by atoms with E-state index in [-0.39, 0.29) is 12.0 Å². The molecular formula is C13H20N4O3. The number of methoxy groups -OCH3 is 1. The average Bonchev–Trinajstić information content (AvgIpc) is 3.03. The lowest BCUT2D eigenvalue weighted by Gasteiger charge is -2.22. The van der Waals surface area contributed by atoms with E-state index in [1.54, 1.807) is 0 Å². The van der Waals surface area contributed by atoms with Crippen LogP contribution in [0.1, 0.15) is 30.9 Å². The van der Waals surface area contributed by atoms with Crippen molar-refractivity contribution in [1.29, 1.82) is 0 Å². The van der Waals surface area contributed by atoms with Crippen molar-refractivity contribution in [3.8, 4) is 0 Å². The van der Waals surface area contributed by atoms with E-state index in [0.717, 1.165) is 37.5 Å². The van der Waals surface area contributed by atoms with Crippen LogP contribution in [0.2, 0.25) is 0 Å². The number of hydrogen-bond donors (Lipinski definition) is 1. The van der Waals surface area contributed by atoms with Gasteiger partial charge in [-0.3, -0.25) is 9.69 Å². The summed E-state index contributed by atoms with van der Waals surface area (Å²) >= 11 is 0. The number of likely N-dealkylation sites (tertiary alicyclic amines) is 1. The van der Waals surface area contributed by atoms with E-state index < -0.39 is 6.10 Å². The summed E-state index contributed by atoms with van der Waals surface area (Å²) in [6.07, 6.45) is 3.21. The number of carbonyl (C=O) groups is 1. The Labute approximate surface area is 117 Å². The number of carbonyl (C=O) groups excluding carboxylic acids is 1. The molecule has 0 radical (unpaired) electrons. The van der Waals surface area contributed by atoms with Crippen molar-refractivity contribution in [2.24, 2.45) is 0 Å². The van der Waals surface area contributed by atoms with Crippen molar-refractivity contribution in [3.63, 3.8) is 0 Å². The smallest absolute Gasteiger partial charge is 0.323 e. The van der Waals surface area contributed by atoms with Gasteiger partial charge in [0.15, 0.2) is 0 Å². The number of aliphatic hydroxyl groups is 1. The van der Waals surface area contributed by atoms with Crippen molar-refractivity contribution in [2.45, 2.75) is 50.9 Å². The Morgan fingerprint density at radius 2 is 2.30 bits per heavy atom. The largest absolute Gasteiger partial charge is 0.468 e. The van der Waals surface area contributed by atoms with E-state index in [2.05, 4.69) is 14.8 Å². The lowest BCUT2D eigenvalue weighted by Crippen LogP contribution is -2.37. The van der Waals surface area contributed by atoms with E-state index in [1.807, 2.05) is 4.90 Å². The highest BCUT2D eigenvalue weighted by atomic mass is 16.5. The highest BCUT2D eigenvalue weighted by Crippen LogP contribution is 2.22. The van der Waals surface area contributed by atoms with Crippen LogP contribution in [-0.2, 0) is 29.0 Å². The molecule has 0 bridgehead atoms. The third-order valence-electron chi connectivity index (χ3n) is 4.14. The predicted molar refractivity (Wildman–Crippen MR) is 69.8 cm³/mol. The molecule has 1 fully saturated rings. The Morgan fingerprint density at radius 1 is 1.45 bits per heavy atom. The van der Waals surface area contributed by atoms with Gasteiger partial charge in [-0.15, -0.1) is 10.2 Å². The molecule has 2 unspecified atom stereocenters. The van der Waals surface area contributed by atoms with Gasteiger partial charge in [-0.05, 0) is 12.8 Å². The summed E-state index contributed by atoms with van der Waals surface area (Å²) in [5.74, 6) is 1.61. The second kappa shape index (κ2) is 5.49. The van der Waals surface area contributed by atoms with Crippen LogP contribution in [0.3, 0.4) is 0 Å². The zero-order valence-corrected chi connectivity index (χ0v) is 11.7. The molecule has 0 aromatic carbocycles. The van der Waals surface area contributed by atoms with Crippen molar-refractivity contribution in [1.82, 2.24) is 19.7 Å². The summed E-state index contributed by atoms with van der Waals surface area (Å²) in [6.45, 7) is 1.95. The fraction of sp³-hybridized carbons (Fsp3) is 0.769. The lowest BCUT2D eigenvalue weighted by atomic mass is 10.1. The van der Waals surface area contributed by atoms with Gasteiger partial charge >= 0.3 is 5.97 Å². The molecule has 1 aromatic heterocycles. The van der Waals surface area contributed by atoms with Crippen LogP contribution in [0.25, 0.3) is 0 Å². The van der Waals surface area contributed by atoms with Gasteiger partial charge in [0.2, 0.25) is 0 Å². The van der Waals surface area contributed by atoms with Gasteiger partial charge in [-0.1, -0.05) is 0 Å². The van der Waals surface area contributed by atoms with Crippen LogP contribution in [-0.4, -0.2) is 56.5 Å². The minimum Gasteiger partial charge on any atom is -0.468 e. The number of rotatable bonds is 3. The zero-order valence-electron chi connectivity index (χ0n) is 11.7. The van der Waals surface area contributed by atoms with Crippen molar-refractivity contribution < 1.29 is 14.6 Å². The van der Waals surface area contributed by atoms with Gasteiger partial charge in [0.05, 0.1) is 19.8 Å². The van der Waals surface area contributed by atoms with Gasteiger partial charge < -0.3 is 14.4 Å². The predicted octanol–water partition coefficient (Wildman–Crippen LogP) is -0.277. The van der Waals surface area contributed by atoms with Gasteiger partial charge in [0, 0.05) is 25.9 Å². The van der Waals surface area contributed by atoms with Gasteiger partial charge in [-0.25, -0.2) is 0 Å². The molecule has 3 rings (SSSR count). The van der Waals surface area contributed by atoms with Crippen LogP contribution in [0.15, 0.2) is 0 Å². The Hall–Kier alpha value is -1.47. The Kier molecular flexibility index (Phi) is 3.71. The number of nitrogens with zero attached hydrogens (tertiary/aromatic N) is 4. The molecule has 2 aliphatic heterocycles. The standard InChI is InChI=1S/C13H20N4O3/c1-20-13(19)10-6-9(18)7-16(10)8-12-15-14-11-4-2-3-5-17(11)12/h9-10,18H,2-8H2,1H3. The number of β-amino-alcohol motifs (C(OH)–C–C–N with tert-alkyl or cyclic N) is 1. The summed E-state index contributed by atoms with van der Waals surface area (Å²) in [4.78, 5) is 13.7. The SMILES string of the molecule is COC(=O)C1CC(O)CN1Cc1nnc2n1CCCC2. The Bertz CT molecular complexity index is 502. The number of esters is 1. The fourth-order valence-corrected chi connectivity index (χ4v) is 3.10. The first-order valence-electron chi connectivity index (χ1n) is 7.10. The number of hydrogen-bond acceptors (Lipinski definition) is 6. The van der Waals surface area contributed by atoms with E-state index in [4.69, 9.17) is 4.74 Å². The molecule has 7 nitrogen and oxygen atoms in total. The molecule has 0 aliphatic carbocycles. The van der Waals surface area contributed by atoms with E-state index >= 15 is 0 Å². The van der Waals surface area contributed by atoms with Crippen molar-refractivity contribution >= 4 is 5.97 Å². The quantitative estimate of drug-likeness (QED) is 0.767. The normalized spacial score (nSPS) is 26.5. The van der Waals surface area contributed by atoms with E-state index in [1.165, 1.54) is 7.11 Å². The second-order valence-corrected chi connectivity index (χ2v) is 5.50. The molecule has 1 aromatic rings. The first-order valence-corrected chi connectivity index (χ1v) is 7.10. The number of fused-ring (bicyclic) bond motifs is 1. The van der Waals surface area contributed by atoms with Crippen LogP contribution in [0, 0.1) is 0 Å². The van der Waals surface area contributed by atoms with Crippen LogP contribution in [0.5, 0.6) is 0 Å². The van der Waals surface area contributed by atoms with Crippen LogP contribution < -0.4 is 0 Å². The summed E-state index contributed by atoms with van der Waals surface area (Å²) in [7, 11) is 1.38. The van der Waals surface area contributed by atoms with E-state index in [0.29, 0.717) is 19.5 Å². The van der Waals surface area contributed by atoms with Gasteiger partial charge in [0.1, 0.15) is 17.7 Å². The summed E-state index contributed by atoms with van der Waals surface area (Å²) in [5.41, 5.74) is 0. The van der Waals surface area contributed by atoms with Gasteiger partial charge in [0.25, 0.3) is 0 Å². The maximum Gasteiger partial charge on any atom is 0.323 e. The molecule has 2 atom stereocenters. The maximum atomic E-state index is 11.8. The van der Waals surface area contributed by atoms with Gasteiger partial charge in [-0.2, -0.15) is 0 Å². The van der Waals surface area contributed by atoms with E-state index in [9.17, 15) is 9.90 Å². The Balaban J connectivity index is 1.76. The Morgan fingerprint density at radius 3 is 3.10 bits per heavy atom. The molecule has 0 saturated carbocycles. The molecule has 0 amide bonds. The highest BCUT2D eigenvalue weighted by Gasteiger charge is 2.37. The maximum absolute atomic E-state index is 11.8. The second-order valence-electron chi connectivity index (χ2n) is 5.50. The number of ether oxygens (including phenoxy) is 1. The number of aryl methyl sites for hydroxylation is 1. The molecule has 2 aliphatic rings. The highest BCUT2D eigenvalue weighted by molar-refractivity contribution is 5.76. The minimum absolute atomic E-state index is 0.292. The molecule has 3 heterocycles.